The first-order chi connectivity index (χ1) is 6.33. The molecule has 2 aliphatic carbocycles. The summed E-state index contributed by atoms with van der Waals surface area (Å²) in [6.45, 7) is 0. The Balaban J connectivity index is 1.81. The second-order valence-corrected chi connectivity index (χ2v) is 4.27. The van der Waals surface area contributed by atoms with E-state index in [2.05, 4.69) is 16.5 Å². The molecule has 0 saturated heterocycles. The van der Waals surface area contributed by atoms with E-state index in [1.165, 1.54) is 37.2 Å². The Morgan fingerprint density at radius 3 is 2.77 bits per heavy atom. The van der Waals surface area contributed by atoms with Crippen LogP contribution < -0.4 is 5.32 Å². The van der Waals surface area contributed by atoms with Gasteiger partial charge in [-0.1, -0.05) is 0 Å². The van der Waals surface area contributed by atoms with Crippen molar-refractivity contribution >= 4 is 5.82 Å². The van der Waals surface area contributed by atoms with Crippen LogP contribution in [-0.2, 0) is 7.05 Å². The summed E-state index contributed by atoms with van der Waals surface area (Å²) in [7, 11) is 2.02. The van der Waals surface area contributed by atoms with Crippen molar-refractivity contribution < 1.29 is 0 Å². The number of aryl methyl sites for hydroxylation is 1. The summed E-state index contributed by atoms with van der Waals surface area (Å²) in [4.78, 5) is 0. The molecule has 0 aromatic carbocycles. The quantitative estimate of drug-likeness (QED) is 0.764. The molecule has 1 heterocycles. The topological polar surface area (TPSA) is 29.9 Å². The molecule has 1 N–H and O–H groups in total. The monoisotopic (exact) mass is 177 g/mol. The van der Waals surface area contributed by atoms with Crippen molar-refractivity contribution in [2.45, 2.75) is 37.6 Å². The highest BCUT2D eigenvalue weighted by Crippen LogP contribution is 2.40. The molecule has 0 unspecified atom stereocenters. The molecule has 3 heteroatoms. The lowest BCUT2D eigenvalue weighted by atomic mass is 10.3. The van der Waals surface area contributed by atoms with Crippen LogP contribution in [0.2, 0.25) is 0 Å². The highest BCUT2D eigenvalue weighted by Gasteiger charge is 2.28. The van der Waals surface area contributed by atoms with Crippen molar-refractivity contribution in [3.05, 3.63) is 11.8 Å². The second-order valence-electron chi connectivity index (χ2n) is 4.27. The fraction of sp³-hybridized carbons (Fsp3) is 0.700. The lowest BCUT2D eigenvalue weighted by molar-refractivity contribution is 0.745. The number of anilines is 1. The van der Waals surface area contributed by atoms with Crippen molar-refractivity contribution in [3.63, 3.8) is 0 Å². The van der Waals surface area contributed by atoms with Gasteiger partial charge in [0.2, 0.25) is 0 Å². The van der Waals surface area contributed by atoms with Gasteiger partial charge in [0, 0.05) is 25.1 Å². The molecule has 70 valence electrons. The summed E-state index contributed by atoms with van der Waals surface area (Å²) in [5.74, 6) is 1.96. The van der Waals surface area contributed by atoms with Crippen LogP contribution >= 0.6 is 0 Å². The van der Waals surface area contributed by atoms with Crippen molar-refractivity contribution in [2.75, 3.05) is 5.32 Å². The van der Waals surface area contributed by atoms with Crippen molar-refractivity contribution in [3.8, 4) is 0 Å². The molecular formula is C10H15N3. The van der Waals surface area contributed by atoms with E-state index in [0.717, 1.165) is 12.0 Å². The van der Waals surface area contributed by atoms with E-state index in [9.17, 15) is 0 Å². The van der Waals surface area contributed by atoms with Crippen LogP contribution in [0.1, 0.15) is 37.3 Å². The van der Waals surface area contributed by atoms with Gasteiger partial charge in [-0.25, -0.2) is 0 Å². The van der Waals surface area contributed by atoms with Crippen LogP contribution in [-0.4, -0.2) is 15.8 Å². The molecule has 1 aromatic rings. The molecule has 3 nitrogen and oxygen atoms in total. The van der Waals surface area contributed by atoms with Crippen LogP contribution in [0.4, 0.5) is 5.82 Å². The van der Waals surface area contributed by atoms with Gasteiger partial charge in [-0.3, -0.25) is 4.68 Å². The maximum atomic E-state index is 4.51. The predicted molar refractivity (Wildman–Crippen MR) is 51.8 cm³/mol. The van der Waals surface area contributed by atoms with Gasteiger partial charge in [0.25, 0.3) is 0 Å². The molecule has 0 radical (unpaired) electrons. The van der Waals surface area contributed by atoms with Gasteiger partial charge >= 0.3 is 0 Å². The fourth-order valence-electron chi connectivity index (χ4n) is 1.64. The van der Waals surface area contributed by atoms with E-state index in [0.29, 0.717) is 0 Å². The average molecular weight is 177 g/mol. The van der Waals surface area contributed by atoms with Crippen molar-refractivity contribution in [1.29, 1.82) is 0 Å². The number of nitrogens with zero attached hydrogens (tertiary/aromatic N) is 2. The summed E-state index contributed by atoms with van der Waals surface area (Å²) in [6, 6.07) is 2.94. The number of hydrogen-bond donors (Lipinski definition) is 1. The Morgan fingerprint density at radius 1 is 1.38 bits per heavy atom. The first-order valence-corrected chi connectivity index (χ1v) is 5.13. The van der Waals surface area contributed by atoms with Gasteiger partial charge in [0.1, 0.15) is 5.82 Å². The molecule has 0 atom stereocenters. The van der Waals surface area contributed by atoms with E-state index >= 15 is 0 Å². The molecule has 2 aliphatic rings. The van der Waals surface area contributed by atoms with Crippen molar-refractivity contribution in [2.24, 2.45) is 7.05 Å². The summed E-state index contributed by atoms with van der Waals surface area (Å²) in [5.41, 5.74) is 1.28. The molecule has 3 rings (SSSR count). The molecular weight excluding hydrogens is 162 g/mol. The van der Waals surface area contributed by atoms with Gasteiger partial charge in [0.15, 0.2) is 0 Å². The Bertz CT molecular complexity index is 321. The lowest BCUT2D eigenvalue weighted by Crippen LogP contribution is -2.05. The van der Waals surface area contributed by atoms with Gasteiger partial charge in [-0.15, -0.1) is 0 Å². The minimum Gasteiger partial charge on any atom is -0.368 e. The van der Waals surface area contributed by atoms with Crippen LogP contribution in [0.15, 0.2) is 6.07 Å². The lowest BCUT2D eigenvalue weighted by Gasteiger charge is -2.02. The first-order valence-electron chi connectivity index (χ1n) is 5.13. The highest BCUT2D eigenvalue weighted by atomic mass is 15.3. The van der Waals surface area contributed by atoms with Crippen LogP contribution in [0.3, 0.4) is 0 Å². The molecule has 13 heavy (non-hydrogen) atoms. The van der Waals surface area contributed by atoms with Gasteiger partial charge in [0.05, 0.1) is 5.69 Å². The third kappa shape index (κ3) is 1.43. The number of rotatable bonds is 3. The molecule has 2 fully saturated rings. The van der Waals surface area contributed by atoms with E-state index in [4.69, 9.17) is 0 Å². The Labute approximate surface area is 78.1 Å². The summed E-state index contributed by atoms with van der Waals surface area (Å²) < 4.78 is 1.98. The SMILES string of the molecule is Cn1nc(C2CC2)cc1NC1CC1. The molecule has 0 aliphatic heterocycles. The van der Waals surface area contributed by atoms with E-state index < -0.39 is 0 Å². The normalized spacial score (nSPS) is 21.9. The summed E-state index contributed by atoms with van der Waals surface area (Å²) >= 11 is 0. The highest BCUT2D eigenvalue weighted by molar-refractivity contribution is 5.41. The standard InChI is InChI=1S/C10H15N3/c1-13-10(11-8-4-5-8)6-9(12-13)7-2-3-7/h6-8,11H,2-5H2,1H3. The van der Waals surface area contributed by atoms with Crippen molar-refractivity contribution in [1.82, 2.24) is 9.78 Å². The number of aromatic nitrogens is 2. The minimum absolute atomic E-state index is 0.724. The summed E-state index contributed by atoms with van der Waals surface area (Å²) in [5, 5.41) is 8.00. The largest absolute Gasteiger partial charge is 0.368 e. The predicted octanol–water partition coefficient (Wildman–Crippen LogP) is 1.87. The smallest absolute Gasteiger partial charge is 0.124 e. The third-order valence-corrected chi connectivity index (χ3v) is 2.82. The maximum absolute atomic E-state index is 4.51. The number of hydrogen-bond acceptors (Lipinski definition) is 2. The van der Waals surface area contributed by atoms with E-state index in [1.54, 1.807) is 0 Å². The Hall–Kier alpha value is -0.990. The fourth-order valence-corrected chi connectivity index (χ4v) is 1.64. The zero-order valence-electron chi connectivity index (χ0n) is 7.95. The van der Waals surface area contributed by atoms with Crippen LogP contribution in [0.5, 0.6) is 0 Å². The van der Waals surface area contributed by atoms with Gasteiger partial charge in [-0.05, 0) is 25.7 Å². The zero-order valence-corrected chi connectivity index (χ0v) is 7.95. The average Bonchev–Trinajstić information content (AvgIpc) is 2.97. The molecule has 0 spiro atoms. The minimum atomic E-state index is 0.724. The molecule has 0 bridgehead atoms. The van der Waals surface area contributed by atoms with Gasteiger partial charge < -0.3 is 5.32 Å². The zero-order chi connectivity index (χ0) is 8.84. The number of nitrogens with one attached hydrogen (secondary N) is 1. The second kappa shape index (κ2) is 2.50. The van der Waals surface area contributed by atoms with Crippen LogP contribution in [0.25, 0.3) is 0 Å². The van der Waals surface area contributed by atoms with E-state index in [1.807, 2.05) is 11.7 Å². The molecule has 0 amide bonds. The maximum Gasteiger partial charge on any atom is 0.124 e. The van der Waals surface area contributed by atoms with E-state index in [-0.39, 0.29) is 0 Å². The first kappa shape index (κ1) is 7.42. The van der Waals surface area contributed by atoms with Crippen LogP contribution in [0, 0.1) is 0 Å². The Morgan fingerprint density at radius 2 is 2.15 bits per heavy atom. The Kier molecular flexibility index (Phi) is 1.43. The third-order valence-electron chi connectivity index (χ3n) is 2.82. The van der Waals surface area contributed by atoms with Gasteiger partial charge in [-0.2, -0.15) is 5.10 Å². The molecule has 2 saturated carbocycles. The molecule has 1 aromatic heterocycles. The summed E-state index contributed by atoms with van der Waals surface area (Å²) in [6.07, 6.45) is 5.31.